The van der Waals surface area contributed by atoms with E-state index >= 15 is 0 Å². The van der Waals surface area contributed by atoms with Gasteiger partial charge in [0.05, 0.1) is 11.5 Å². The van der Waals surface area contributed by atoms with Crippen LogP contribution in [0.25, 0.3) is 21.6 Å². The van der Waals surface area contributed by atoms with Gasteiger partial charge in [0.25, 0.3) is 0 Å². The van der Waals surface area contributed by atoms with Gasteiger partial charge in [-0.05, 0) is 75.3 Å². The number of hydrogen-bond acceptors (Lipinski definition) is 4. The quantitative estimate of drug-likeness (QED) is 0.211. The smallest absolute Gasteiger partial charge is 0.145 e. The number of rotatable bonds is 14. The van der Waals surface area contributed by atoms with E-state index in [0.717, 1.165) is 67.6 Å². The first kappa shape index (κ1) is 22.6. The van der Waals surface area contributed by atoms with E-state index in [-0.39, 0.29) is 6.61 Å². The van der Waals surface area contributed by atoms with E-state index in [4.69, 9.17) is 14.3 Å². The van der Waals surface area contributed by atoms with Gasteiger partial charge in [-0.25, -0.2) is 0 Å². The highest BCUT2D eigenvalue weighted by molar-refractivity contribution is 7.15. The van der Waals surface area contributed by atoms with Crippen LogP contribution >= 0.6 is 11.3 Å². The molecule has 0 unspecified atom stereocenters. The molecule has 0 spiro atoms. The standard InChI is InChI=1S/C26H34O3S/c1-2-3-9-12-23-15-16-26(30-23)25-19-21-13-14-22(20-24(21)29-25)28-18-11-8-6-4-5-7-10-17-27/h4-5,13-16,19-20,27H,2-3,6-12,17-18H2,1H3/b5-4+. The molecule has 162 valence electrons. The number of hydrogen-bond donors (Lipinski definition) is 1. The lowest BCUT2D eigenvalue weighted by atomic mass is 10.2. The average Bonchev–Trinajstić information content (AvgIpc) is 3.39. The van der Waals surface area contributed by atoms with Gasteiger partial charge in [-0.1, -0.05) is 31.9 Å². The highest BCUT2D eigenvalue weighted by Gasteiger charge is 2.10. The molecule has 0 fully saturated rings. The zero-order valence-electron chi connectivity index (χ0n) is 18.1. The number of unbranched alkanes of at least 4 members (excludes halogenated alkanes) is 5. The van der Waals surface area contributed by atoms with Crippen LogP contribution in [0.2, 0.25) is 0 Å². The molecule has 3 rings (SSSR count). The lowest BCUT2D eigenvalue weighted by Crippen LogP contribution is -1.96. The molecule has 0 saturated carbocycles. The number of aryl methyl sites for hydroxylation is 1. The molecule has 3 aromatic rings. The van der Waals surface area contributed by atoms with Crippen molar-refractivity contribution in [2.75, 3.05) is 13.2 Å². The lowest BCUT2D eigenvalue weighted by molar-refractivity contribution is 0.289. The molecule has 0 amide bonds. The lowest BCUT2D eigenvalue weighted by Gasteiger charge is -2.05. The van der Waals surface area contributed by atoms with Crippen molar-refractivity contribution in [1.82, 2.24) is 0 Å². The number of benzene rings is 1. The maximum atomic E-state index is 8.75. The molecule has 1 N–H and O–H groups in total. The third-order valence-electron chi connectivity index (χ3n) is 5.15. The third kappa shape index (κ3) is 7.03. The molecule has 2 aromatic heterocycles. The molecule has 0 aliphatic carbocycles. The van der Waals surface area contributed by atoms with Crippen LogP contribution in [0.1, 0.15) is 63.2 Å². The molecule has 0 bridgehead atoms. The zero-order chi connectivity index (χ0) is 21.0. The summed E-state index contributed by atoms with van der Waals surface area (Å²) >= 11 is 1.84. The van der Waals surface area contributed by atoms with Crippen molar-refractivity contribution in [3.63, 3.8) is 0 Å². The first-order chi connectivity index (χ1) is 14.8. The van der Waals surface area contributed by atoms with Gasteiger partial charge < -0.3 is 14.3 Å². The molecule has 0 saturated heterocycles. The molecule has 3 nitrogen and oxygen atoms in total. The maximum Gasteiger partial charge on any atom is 0.145 e. The van der Waals surface area contributed by atoms with Crippen molar-refractivity contribution in [3.05, 3.63) is 53.4 Å². The van der Waals surface area contributed by atoms with Gasteiger partial charge >= 0.3 is 0 Å². The zero-order valence-corrected chi connectivity index (χ0v) is 18.9. The fraction of sp³-hybridized carbons (Fsp3) is 0.462. The summed E-state index contributed by atoms with van der Waals surface area (Å²) in [7, 11) is 0. The highest BCUT2D eigenvalue weighted by Crippen LogP contribution is 2.34. The monoisotopic (exact) mass is 426 g/mol. The molecule has 0 aliphatic heterocycles. The Morgan fingerprint density at radius 2 is 1.83 bits per heavy atom. The SMILES string of the molecule is CCCCCc1ccc(-c2cc3ccc(OCCCC/C=C/CCCO)cc3o2)s1. The van der Waals surface area contributed by atoms with E-state index in [1.807, 2.05) is 23.5 Å². The molecule has 1 aromatic carbocycles. The predicted octanol–water partition coefficient (Wildman–Crippen LogP) is 7.77. The van der Waals surface area contributed by atoms with Crippen LogP contribution in [0, 0.1) is 0 Å². The molecule has 0 atom stereocenters. The second-order valence-electron chi connectivity index (χ2n) is 7.71. The van der Waals surface area contributed by atoms with E-state index in [2.05, 4.69) is 43.3 Å². The van der Waals surface area contributed by atoms with Crippen LogP contribution in [0.3, 0.4) is 0 Å². The molecule has 30 heavy (non-hydrogen) atoms. The van der Waals surface area contributed by atoms with Gasteiger partial charge in [0.15, 0.2) is 0 Å². The summed E-state index contributed by atoms with van der Waals surface area (Å²) in [5, 5.41) is 9.87. The third-order valence-corrected chi connectivity index (χ3v) is 6.31. The Kier molecular flexibility index (Phi) is 9.52. The second-order valence-corrected chi connectivity index (χ2v) is 8.88. The van der Waals surface area contributed by atoms with Crippen molar-refractivity contribution in [2.24, 2.45) is 0 Å². The fourth-order valence-corrected chi connectivity index (χ4v) is 4.42. The number of furan rings is 1. The molecular formula is C26H34O3S. The molecule has 4 heteroatoms. The Labute approximate surface area is 184 Å². The normalized spacial score (nSPS) is 11.7. The topological polar surface area (TPSA) is 42.6 Å². The fourth-order valence-electron chi connectivity index (χ4n) is 3.42. The Bertz CT molecular complexity index is 906. The molecule has 2 heterocycles. The van der Waals surface area contributed by atoms with Gasteiger partial charge in [-0.2, -0.15) is 0 Å². The maximum absolute atomic E-state index is 8.75. The van der Waals surface area contributed by atoms with E-state index in [1.54, 1.807) is 0 Å². The van der Waals surface area contributed by atoms with Crippen molar-refractivity contribution in [1.29, 1.82) is 0 Å². The van der Waals surface area contributed by atoms with Crippen LogP contribution < -0.4 is 4.74 Å². The summed E-state index contributed by atoms with van der Waals surface area (Å²) in [4.78, 5) is 2.64. The highest BCUT2D eigenvalue weighted by atomic mass is 32.1. The van der Waals surface area contributed by atoms with Gasteiger partial charge in [0, 0.05) is 22.9 Å². The van der Waals surface area contributed by atoms with Crippen LogP contribution in [-0.2, 0) is 6.42 Å². The average molecular weight is 427 g/mol. The van der Waals surface area contributed by atoms with Crippen molar-refractivity contribution in [3.8, 4) is 16.4 Å². The molecular weight excluding hydrogens is 392 g/mol. The Morgan fingerprint density at radius 1 is 0.967 bits per heavy atom. The van der Waals surface area contributed by atoms with E-state index in [0.29, 0.717) is 0 Å². The molecule has 0 aliphatic rings. The summed E-state index contributed by atoms with van der Waals surface area (Å²) in [5.74, 6) is 1.81. The first-order valence-corrected chi connectivity index (χ1v) is 12.1. The van der Waals surface area contributed by atoms with E-state index in [1.165, 1.54) is 29.0 Å². The molecule has 0 radical (unpaired) electrons. The van der Waals surface area contributed by atoms with Gasteiger partial charge in [-0.15, -0.1) is 11.3 Å². The van der Waals surface area contributed by atoms with Gasteiger partial charge in [-0.3, -0.25) is 0 Å². The van der Waals surface area contributed by atoms with Gasteiger partial charge in [0.1, 0.15) is 17.1 Å². The number of aliphatic hydroxyl groups is 1. The van der Waals surface area contributed by atoms with E-state index < -0.39 is 0 Å². The minimum atomic E-state index is 0.271. The predicted molar refractivity (Wildman–Crippen MR) is 128 cm³/mol. The minimum Gasteiger partial charge on any atom is -0.493 e. The van der Waals surface area contributed by atoms with Crippen LogP contribution in [0.5, 0.6) is 5.75 Å². The first-order valence-electron chi connectivity index (χ1n) is 11.3. The summed E-state index contributed by atoms with van der Waals surface area (Å²) in [6.07, 6.45) is 14.4. The van der Waals surface area contributed by atoms with Crippen LogP contribution in [-0.4, -0.2) is 18.3 Å². The van der Waals surface area contributed by atoms with Gasteiger partial charge in [0.2, 0.25) is 0 Å². The van der Waals surface area contributed by atoms with Crippen molar-refractivity contribution >= 4 is 22.3 Å². The second kappa shape index (κ2) is 12.6. The van der Waals surface area contributed by atoms with Crippen LogP contribution in [0.15, 0.2) is 53.0 Å². The summed E-state index contributed by atoms with van der Waals surface area (Å²) < 4.78 is 12.0. The Morgan fingerprint density at radius 3 is 2.67 bits per heavy atom. The largest absolute Gasteiger partial charge is 0.493 e. The number of ether oxygens (including phenoxy) is 1. The minimum absolute atomic E-state index is 0.271. The number of aliphatic hydroxyl groups excluding tert-OH is 1. The Balaban J connectivity index is 1.48. The number of thiophene rings is 1. The van der Waals surface area contributed by atoms with Crippen molar-refractivity contribution in [2.45, 2.75) is 64.7 Å². The Hall–Kier alpha value is -2.04. The summed E-state index contributed by atoms with van der Waals surface area (Å²) in [6.45, 7) is 3.23. The number of allylic oxidation sites excluding steroid dienone is 2. The summed E-state index contributed by atoms with van der Waals surface area (Å²) in [6, 6.07) is 12.7. The van der Waals surface area contributed by atoms with Crippen LogP contribution in [0.4, 0.5) is 0 Å². The summed E-state index contributed by atoms with van der Waals surface area (Å²) in [5.41, 5.74) is 0.884. The van der Waals surface area contributed by atoms with E-state index in [9.17, 15) is 0 Å². The number of fused-ring (bicyclic) bond motifs is 1. The van der Waals surface area contributed by atoms with Crippen molar-refractivity contribution < 1.29 is 14.3 Å².